The molecule has 0 amide bonds. The molecule has 1 saturated carbocycles. The number of methoxy groups -OCH3 is 1. The first-order valence-corrected chi connectivity index (χ1v) is 6.17. The molecule has 0 aromatic rings. The fourth-order valence-corrected chi connectivity index (χ4v) is 3.18. The predicted octanol–water partition coefficient (Wildman–Crippen LogP) is 1.38. The molecule has 3 unspecified atom stereocenters. The second-order valence-electron chi connectivity index (χ2n) is 4.79. The molecule has 2 bridgehead atoms. The molecule has 0 radical (unpaired) electrons. The van der Waals surface area contributed by atoms with Gasteiger partial charge in [0.15, 0.2) is 5.11 Å². The third-order valence-electron chi connectivity index (χ3n) is 3.46. The van der Waals surface area contributed by atoms with Gasteiger partial charge in [-0.05, 0) is 44.3 Å². The highest BCUT2D eigenvalue weighted by Crippen LogP contribution is 2.37. The van der Waals surface area contributed by atoms with E-state index < -0.39 is 0 Å². The summed E-state index contributed by atoms with van der Waals surface area (Å²) in [5, 5.41) is 4.26. The Bertz CT molecular complexity index is 247. The Labute approximate surface area is 97.2 Å². The van der Waals surface area contributed by atoms with Gasteiger partial charge < -0.3 is 15.0 Å². The smallest absolute Gasteiger partial charge is 0.169 e. The average molecular weight is 228 g/mol. The third kappa shape index (κ3) is 2.42. The summed E-state index contributed by atoms with van der Waals surface area (Å²) in [5.41, 5.74) is 0. The summed E-state index contributed by atoms with van der Waals surface area (Å²) in [6, 6.07) is 1.02. The topological polar surface area (TPSA) is 24.5 Å². The van der Waals surface area contributed by atoms with E-state index in [1.807, 2.05) is 0 Å². The predicted molar refractivity (Wildman–Crippen MR) is 64.9 cm³/mol. The summed E-state index contributed by atoms with van der Waals surface area (Å²) in [4.78, 5) is 2.37. The fraction of sp³-hybridized carbons (Fsp3) is 0.909. The van der Waals surface area contributed by atoms with Crippen LogP contribution in [0.1, 0.15) is 26.2 Å². The van der Waals surface area contributed by atoms with Crippen LogP contribution >= 0.6 is 12.2 Å². The minimum Gasteiger partial charge on any atom is -0.383 e. The molecule has 3 atom stereocenters. The van der Waals surface area contributed by atoms with Crippen molar-refractivity contribution < 1.29 is 4.74 Å². The second kappa shape index (κ2) is 4.66. The van der Waals surface area contributed by atoms with E-state index in [0.29, 0.717) is 18.7 Å². The quantitative estimate of drug-likeness (QED) is 0.738. The maximum Gasteiger partial charge on any atom is 0.169 e. The van der Waals surface area contributed by atoms with E-state index in [1.54, 1.807) is 7.11 Å². The maximum atomic E-state index is 5.43. The Kier molecular flexibility index (Phi) is 3.46. The van der Waals surface area contributed by atoms with Crippen molar-refractivity contribution in [1.82, 2.24) is 10.2 Å². The van der Waals surface area contributed by atoms with E-state index in [0.717, 1.165) is 17.6 Å². The number of ether oxygens (including phenoxy) is 1. The van der Waals surface area contributed by atoms with Crippen LogP contribution in [-0.4, -0.2) is 42.4 Å². The van der Waals surface area contributed by atoms with Crippen molar-refractivity contribution in [2.24, 2.45) is 5.92 Å². The van der Waals surface area contributed by atoms with Gasteiger partial charge in [-0.1, -0.05) is 0 Å². The number of hydrogen-bond acceptors (Lipinski definition) is 2. The van der Waals surface area contributed by atoms with Gasteiger partial charge in [0.05, 0.1) is 6.61 Å². The molecule has 2 rings (SSSR count). The number of thiocarbonyl (C=S) groups is 1. The van der Waals surface area contributed by atoms with Gasteiger partial charge >= 0.3 is 0 Å². The first kappa shape index (κ1) is 11.1. The van der Waals surface area contributed by atoms with Crippen LogP contribution in [0.2, 0.25) is 0 Å². The van der Waals surface area contributed by atoms with Crippen LogP contribution in [0.3, 0.4) is 0 Å². The highest BCUT2D eigenvalue weighted by Gasteiger charge is 2.38. The molecule has 2 fully saturated rings. The van der Waals surface area contributed by atoms with Crippen molar-refractivity contribution in [1.29, 1.82) is 0 Å². The third-order valence-corrected chi connectivity index (χ3v) is 3.81. The number of fused-ring (bicyclic) bond motifs is 2. The van der Waals surface area contributed by atoms with Crippen LogP contribution in [0.15, 0.2) is 0 Å². The molecule has 1 saturated heterocycles. The minimum atomic E-state index is 0.307. The first-order valence-electron chi connectivity index (χ1n) is 5.76. The lowest BCUT2D eigenvalue weighted by Gasteiger charge is -2.31. The van der Waals surface area contributed by atoms with Crippen molar-refractivity contribution in [3.05, 3.63) is 0 Å². The van der Waals surface area contributed by atoms with E-state index in [4.69, 9.17) is 17.0 Å². The van der Waals surface area contributed by atoms with E-state index in [-0.39, 0.29) is 0 Å². The second-order valence-corrected chi connectivity index (χ2v) is 5.18. The van der Waals surface area contributed by atoms with Crippen LogP contribution in [-0.2, 0) is 4.74 Å². The van der Waals surface area contributed by atoms with Gasteiger partial charge in [-0.25, -0.2) is 0 Å². The number of likely N-dealkylation sites (tertiary alicyclic amines) is 1. The van der Waals surface area contributed by atoms with Gasteiger partial charge in [-0.15, -0.1) is 0 Å². The zero-order chi connectivity index (χ0) is 10.8. The van der Waals surface area contributed by atoms with Gasteiger partial charge in [0.25, 0.3) is 0 Å². The highest BCUT2D eigenvalue weighted by atomic mass is 32.1. The molecule has 3 nitrogen and oxygen atoms in total. The summed E-state index contributed by atoms with van der Waals surface area (Å²) in [6.07, 6.45) is 4.07. The zero-order valence-corrected chi connectivity index (χ0v) is 10.3. The monoisotopic (exact) mass is 228 g/mol. The Hall–Kier alpha value is -0.350. The molecule has 86 valence electrons. The van der Waals surface area contributed by atoms with Crippen LogP contribution < -0.4 is 5.32 Å². The fourth-order valence-electron chi connectivity index (χ4n) is 2.76. The van der Waals surface area contributed by atoms with Crippen molar-refractivity contribution in [2.45, 2.75) is 38.3 Å². The molecule has 4 heteroatoms. The zero-order valence-electron chi connectivity index (χ0n) is 9.53. The Morgan fingerprint density at radius 3 is 2.93 bits per heavy atom. The lowest BCUT2D eigenvalue weighted by Crippen LogP contribution is -2.48. The summed E-state index contributed by atoms with van der Waals surface area (Å²) in [5.74, 6) is 0.896. The van der Waals surface area contributed by atoms with E-state index in [2.05, 4.69) is 17.1 Å². The molecular formula is C11H20N2OS. The van der Waals surface area contributed by atoms with Gasteiger partial charge in [0.1, 0.15) is 0 Å². The Morgan fingerprint density at radius 2 is 2.40 bits per heavy atom. The molecule has 0 aromatic heterocycles. The van der Waals surface area contributed by atoms with Gasteiger partial charge in [-0.2, -0.15) is 0 Å². The van der Waals surface area contributed by atoms with Crippen LogP contribution in [0.5, 0.6) is 0 Å². The standard InChI is InChI=1S/C11H20N2OS/c1-8(7-14-2)12-11(15)13-6-9-3-4-10(13)5-9/h8-10H,3-7H2,1-2H3,(H,12,15). The largest absolute Gasteiger partial charge is 0.383 e. The van der Waals surface area contributed by atoms with E-state index in [1.165, 1.54) is 19.3 Å². The molecular weight excluding hydrogens is 208 g/mol. The average Bonchev–Trinajstić information content (AvgIpc) is 2.78. The van der Waals surface area contributed by atoms with Gasteiger partial charge in [-0.3, -0.25) is 0 Å². The maximum absolute atomic E-state index is 5.43. The van der Waals surface area contributed by atoms with Crippen molar-refractivity contribution in [3.8, 4) is 0 Å². The van der Waals surface area contributed by atoms with Crippen LogP contribution in [0.4, 0.5) is 0 Å². The number of nitrogens with one attached hydrogen (secondary N) is 1. The SMILES string of the molecule is COCC(C)NC(=S)N1CC2CCC1C2. The van der Waals surface area contributed by atoms with E-state index >= 15 is 0 Å². The van der Waals surface area contributed by atoms with Crippen molar-refractivity contribution in [3.63, 3.8) is 0 Å². The first-order chi connectivity index (χ1) is 7.20. The normalized spacial score (nSPS) is 30.7. The van der Waals surface area contributed by atoms with Crippen LogP contribution in [0, 0.1) is 5.92 Å². The number of piperidine rings is 1. The van der Waals surface area contributed by atoms with Crippen molar-refractivity contribution >= 4 is 17.3 Å². The summed E-state index contributed by atoms with van der Waals surface area (Å²) >= 11 is 5.43. The lowest BCUT2D eigenvalue weighted by molar-refractivity contribution is 0.177. The highest BCUT2D eigenvalue weighted by molar-refractivity contribution is 7.80. The summed E-state index contributed by atoms with van der Waals surface area (Å²) < 4.78 is 5.09. The lowest BCUT2D eigenvalue weighted by atomic mass is 10.1. The molecule has 2 aliphatic rings. The summed E-state index contributed by atoms with van der Waals surface area (Å²) in [6.45, 7) is 3.97. The molecule has 1 aliphatic carbocycles. The Morgan fingerprint density at radius 1 is 1.60 bits per heavy atom. The molecule has 1 heterocycles. The number of hydrogen-bond donors (Lipinski definition) is 1. The molecule has 0 spiro atoms. The van der Waals surface area contributed by atoms with Crippen LogP contribution in [0.25, 0.3) is 0 Å². The number of rotatable bonds is 3. The molecule has 1 N–H and O–H groups in total. The minimum absolute atomic E-state index is 0.307. The molecule has 0 aromatic carbocycles. The van der Waals surface area contributed by atoms with Gasteiger partial charge in [0.2, 0.25) is 0 Å². The van der Waals surface area contributed by atoms with Gasteiger partial charge in [0, 0.05) is 25.7 Å². The van der Waals surface area contributed by atoms with Crippen molar-refractivity contribution in [2.75, 3.05) is 20.3 Å². The molecule has 15 heavy (non-hydrogen) atoms. The van der Waals surface area contributed by atoms with E-state index in [9.17, 15) is 0 Å². The summed E-state index contributed by atoms with van der Waals surface area (Å²) in [7, 11) is 1.72. The Balaban J connectivity index is 1.81. The molecule has 1 aliphatic heterocycles. The number of nitrogens with zero attached hydrogens (tertiary/aromatic N) is 1.